The van der Waals surface area contributed by atoms with Gasteiger partial charge < -0.3 is 10.6 Å². The van der Waals surface area contributed by atoms with E-state index >= 15 is 0 Å². The van der Waals surface area contributed by atoms with Crippen molar-refractivity contribution in [1.29, 1.82) is 0 Å². The molecule has 1 fully saturated rings. The van der Waals surface area contributed by atoms with Crippen LogP contribution >= 0.6 is 15.9 Å². The van der Waals surface area contributed by atoms with E-state index in [9.17, 15) is 0 Å². The maximum absolute atomic E-state index is 5.92. The summed E-state index contributed by atoms with van der Waals surface area (Å²) in [6, 6.07) is 6.62. The van der Waals surface area contributed by atoms with Gasteiger partial charge in [-0.15, -0.1) is 0 Å². The SMILES string of the molecule is CCCN(CC1CC1)c1ccc(C(C)N)cc1Br. The first-order valence-corrected chi connectivity index (χ1v) is 7.71. The second-order valence-electron chi connectivity index (χ2n) is 5.39. The monoisotopic (exact) mass is 310 g/mol. The fourth-order valence-corrected chi connectivity index (χ4v) is 2.90. The molecule has 0 bridgehead atoms. The predicted octanol–water partition coefficient (Wildman–Crippen LogP) is 4.10. The Bertz CT molecular complexity index is 399. The van der Waals surface area contributed by atoms with Crippen LogP contribution in [-0.2, 0) is 0 Å². The van der Waals surface area contributed by atoms with E-state index in [-0.39, 0.29) is 6.04 Å². The summed E-state index contributed by atoms with van der Waals surface area (Å²) in [6.45, 7) is 6.59. The van der Waals surface area contributed by atoms with Crippen molar-refractivity contribution in [3.05, 3.63) is 28.2 Å². The van der Waals surface area contributed by atoms with E-state index in [0.717, 1.165) is 12.5 Å². The molecule has 18 heavy (non-hydrogen) atoms. The van der Waals surface area contributed by atoms with Crippen molar-refractivity contribution < 1.29 is 0 Å². The molecule has 2 rings (SSSR count). The average molecular weight is 311 g/mol. The molecule has 0 radical (unpaired) electrons. The highest BCUT2D eigenvalue weighted by molar-refractivity contribution is 9.10. The second-order valence-corrected chi connectivity index (χ2v) is 6.24. The van der Waals surface area contributed by atoms with Crippen molar-refractivity contribution in [2.45, 2.75) is 39.2 Å². The largest absolute Gasteiger partial charge is 0.370 e. The molecule has 1 aliphatic carbocycles. The van der Waals surface area contributed by atoms with E-state index in [4.69, 9.17) is 5.73 Å². The molecule has 2 nitrogen and oxygen atoms in total. The average Bonchev–Trinajstić information content (AvgIpc) is 3.12. The number of halogens is 1. The van der Waals surface area contributed by atoms with Gasteiger partial charge in [0, 0.05) is 23.6 Å². The summed E-state index contributed by atoms with van der Waals surface area (Å²) in [4.78, 5) is 2.51. The number of nitrogens with zero attached hydrogens (tertiary/aromatic N) is 1. The van der Waals surface area contributed by atoms with Crippen molar-refractivity contribution in [3.8, 4) is 0 Å². The third-order valence-corrected chi connectivity index (χ3v) is 4.14. The molecule has 0 heterocycles. The Labute approximate surface area is 119 Å². The van der Waals surface area contributed by atoms with Crippen LogP contribution in [0.3, 0.4) is 0 Å². The van der Waals surface area contributed by atoms with Gasteiger partial charge in [0.15, 0.2) is 0 Å². The zero-order valence-electron chi connectivity index (χ0n) is 11.3. The lowest BCUT2D eigenvalue weighted by Gasteiger charge is -2.26. The number of rotatable bonds is 6. The standard InChI is InChI=1S/C15H23BrN2/c1-3-8-18(10-12-4-5-12)15-7-6-13(11(2)17)9-14(15)16/h6-7,9,11-12H,3-5,8,10,17H2,1-2H3. The Hall–Kier alpha value is -0.540. The molecule has 0 aliphatic heterocycles. The maximum atomic E-state index is 5.92. The summed E-state index contributed by atoms with van der Waals surface area (Å²) < 4.78 is 1.17. The first-order valence-electron chi connectivity index (χ1n) is 6.91. The zero-order chi connectivity index (χ0) is 13.1. The van der Waals surface area contributed by atoms with Crippen LogP contribution in [0.2, 0.25) is 0 Å². The summed E-state index contributed by atoms with van der Waals surface area (Å²) in [5.41, 5.74) is 8.43. The van der Waals surface area contributed by atoms with E-state index in [1.165, 1.54) is 41.5 Å². The van der Waals surface area contributed by atoms with Crippen LogP contribution in [0.1, 0.15) is 44.7 Å². The van der Waals surface area contributed by atoms with E-state index in [2.05, 4.69) is 46.0 Å². The van der Waals surface area contributed by atoms with E-state index in [0.29, 0.717) is 0 Å². The second kappa shape index (κ2) is 6.07. The van der Waals surface area contributed by atoms with Crippen LogP contribution in [0, 0.1) is 5.92 Å². The van der Waals surface area contributed by atoms with Crippen molar-refractivity contribution in [3.63, 3.8) is 0 Å². The number of nitrogens with two attached hydrogens (primary N) is 1. The molecule has 1 aliphatic rings. The minimum atomic E-state index is 0.0957. The summed E-state index contributed by atoms with van der Waals surface area (Å²) >= 11 is 3.70. The Morgan fingerprint density at radius 3 is 2.67 bits per heavy atom. The fourth-order valence-electron chi connectivity index (χ4n) is 2.25. The van der Waals surface area contributed by atoms with Gasteiger partial charge in [-0.1, -0.05) is 13.0 Å². The minimum absolute atomic E-state index is 0.0957. The summed E-state index contributed by atoms with van der Waals surface area (Å²) in [6.07, 6.45) is 3.99. The van der Waals surface area contributed by atoms with Gasteiger partial charge in [0.25, 0.3) is 0 Å². The molecule has 3 heteroatoms. The molecule has 1 unspecified atom stereocenters. The van der Waals surface area contributed by atoms with Gasteiger partial charge in [-0.2, -0.15) is 0 Å². The van der Waals surface area contributed by atoms with Gasteiger partial charge in [0.1, 0.15) is 0 Å². The topological polar surface area (TPSA) is 29.3 Å². The fraction of sp³-hybridized carbons (Fsp3) is 0.600. The smallest absolute Gasteiger partial charge is 0.0510 e. The molecule has 0 spiro atoms. The van der Waals surface area contributed by atoms with Gasteiger partial charge in [-0.05, 0) is 65.7 Å². The van der Waals surface area contributed by atoms with E-state index in [1.54, 1.807) is 0 Å². The molecule has 1 aromatic rings. The Balaban J connectivity index is 2.17. The normalized spacial score (nSPS) is 16.7. The third kappa shape index (κ3) is 3.48. The number of benzene rings is 1. The van der Waals surface area contributed by atoms with E-state index < -0.39 is 0 Å². The molecule has 1 saturated carbocycles. The van der Waals surface area contributed by atoms with Gasteiger partial charge in [-0.25, -0.2) is 0 Å². The van der Waals surface area contributed by atoms with Crippen LogP contribution in [0.5, 0.6) is 0 Å². The lowest BCUT2D eigenvalue weighted by molar-refractivity contribution is 0.706. The summed E-state index contributed by atoms with van der Waals surface area (Å²) in [7, 11) is 0. The highest BCUT2D eigenvalue weighted by Crippen LogP contribution is 2.34. The molecule has 0 saturated heterocycles. The molecule has 1 atom stereocenters. The Morgan fingerprint density at radius 2 is 2.17 bits per heavy atom. The maximum Gasteiger partial charge on any atom is 0.0510 e. The summed E-state index contributed by atoms with van der Waals surface area (Å²) in [5, 5.41) is 0. The van der Waals surface area contributed by atoms with Crippen molar-refractivity contribution >= 4 is 21.6 Å². The van der Waals surface area contributed by atoms with Crippen LogP contribution in [0.25, 0.3) is 0 Å². The van der Waals surface area contributed by atoms with Gasteiger partial charge in [0.2, 0.25) is 0 Å². The van der Waals surface area contributed by atoms with Gasteiger partial charge >= 0.3 is 0 Å². The molecule has 1 aromatic carbocycles. The lowest BCUT2D eigenvalue weighted by atomic mass is 10.1. The van der Waals surface area contributed by atoms with Crippen LogP contribution in [-0.4, -0.2) is 13.1 Å². The summed E-state index contributed by atoms with van der Waals surface area (Å²) in [5.74, 6) is 0.913. The molecule has 0 aromatic heterocycles. The Morgan fingerprint density at radius 1 is 1.44 bits per heavy atom. The molecular weight excluding hydrogens is 288 g/mol. The highest BCUT2D eigenvalue weighted by Gasteiger charge is 2.25. The first-order chi connectivity index (χ1) is 8.61. The third-order valence-electron chi connectivity index (χ3n) is 3.51. The molecule has 100 valence electrons. The van der Waals surface area contributed by atoms with Crippen LogP contribution in [0.15, 0.2) is 22.7 Å². The van der Waals surface area contributed by atoms with Crippen LogP contribution < -0.4 is 10.6 Å². The molecule has 0 amide bonds. The highest BCUT2D eigenvalue weighted by atomic mass is 79.9. The predicted molar refractivity (Wildman–Crippen MR) is 82.0 cm³/mol. The minimum Gasteiger partial charge on any atom is -0.370 e. The number of hydrogen-bond donors (Lipinski definition) is 1. The van der Waals surface area contributed by atoms with Crippen molar-refractivity contribution in [2.24, 2.45) is 11.7 Å². The van der Waals surface area contributed by atoms with Gasteiger partial charge in [-0.3, -0.25) is 0 Å². The number of hydrogen-bond acceptors (Lipinski definition) is 2. The van der Waals surface area contributed by atoms with Crippen molar-refractivity contribution in [2.75, 3.05) is 18.0 Å². The number of anilines is 1. The molecular formula is C15H23BrN2. The molecule has 2 N–H and O–H groups in total. The van der Waals surface area contributed by atoms with Crippen molar-refractivity contribution in [1.82, 2.24) is 0 Å². The Kier molecular flexibility index (Phi) is 4.68. The van der Waals surface area contributed by atoms with Crippen LogP contribution in [0.4, 0.5) is 5.69 Å². The zero-order valence-corrected chi connectivity index (χ0v) is 12.9. The lowest BCUT2D eigenvalue weighted by Crippen LogP contribution is -2.27. The van der Waals surface area contributed by atoms with Gasteiger partial charge in [0.05, 0.1) is 5.69 Å². The van der Waals surface area contributed by atoms with E-state index in [1.807, 2.05) is 6.92 Å². The quantitative estimate of drug-likeness (QED) is 0.857. The first kappa shape index (κ1) is 13.9.